The standard InChI is InChI=1S/C8H6Cl4O2/c9-7(10,13)5-2-1-3-6(4-5)8(11,12)14/h1-4,13-14H. The van der Waals surface area contributed by atoms with Crippen molar-refractivity contribution in [1.29, 1.82) is 0 Å². The molecule has 1 aromatic carbocycles. The normalized spacial score (nSPS) is 13.0. The number of hydrogen-bond acceptors (Lipinski definition) is 2. The fourth-order valence-corrected chi connectivity index (χ4v) is 1.36. The second-order valence-corrected chi connectivity index (χ2v) is 5.24. The van der Waals surface area contributed by atoms with E-state index in [0.29, 0.717) is 0 Å². The molecule has 0 aromatic heterocycles. The predicted octanol–water partition coefficient (Wildman–Crippen LogP) is 2.85. The lowest BCUT2D eigenvalue weighted by molar-refractivity contribution is 0.212. The fraction of sp³-hybridized carbons (Fsp3) is 0.250. The van der Waals surface area contributed by atoms with Crippen molar-refractivity contribution < 1.29 is 10.2 Å². The Labute approximate surface area is 101 Å². The van der Waals surface area contributed by atoms with E-state index in [9.17, 15) is 10.2 Å². The molecule has 78 valence electrons. The van der Waals surface area contributed by atoms with Gasteiger partial charge in [0, 0.05) is 11.1 Å². The zero-order valence-corrected chi connectivity index (χ0v) is 9.74. The van der Waals surface area contributed by atoms with Crippen molar-refractivity contribution in [3.05, 3.63) is 35.4 Å². The van der Waals surface area contributed by atoms with Gasteiger partial charge in [0.05, 0.1) is 0 Å². The van der Waals surface area contributed by atoms with E-state index in [4.69, 9.17) is 46.4 Å². The van der Waals surface area contributed by atoms with Crippen LogP contribution in [0.25, 0.3) is 0 Å². The minimum Gasteiger partial charge on any atom is -0.359 e. The van der Waals surface area contributed by atoms with Crippen molar-refractivity contribution in [1.82, 2.24) is 0 Å². The van der Waals surface area contributed by atoms with Crippen LogP contribution in [-0.4, -0.2) is 10.2 Å². The molecule has 0 bridgehead atoms. The Morgan fingerprint density at radius 2 is 1.21 bits per heavy atom. The van der Waals surface area contributed by atoms with Gasteiger partial charge in [-0.05, 0) is 6.07 Å². The van der Waals surface area contributed by atoms with Crippen molar-refractivity contribution in [3.8, 4) is 0 Å². The summed E-state index contributed by atoms with van der Waals surface area (Å²) in [5.41, 5.74) is 0.358. The first-order valence-electron chi connectivity index (χ1n) is 3.52. The topological polar surface area (TPSA) is 40.5 Å². The van der Waals surface area contributed by atoms with Crippen LogP contribution in [0.5, 0.6) is 0 Å². The number of aliphatic hydroxyl groups is 2. The Morgan fingerprint density at radius 1 is 0.857 bits per heavy atom. The number of hydrogen-bond donors (Lipinski definition) is 2. The third-order valence-electron chi connectivity index (χ3n) is 1.56. The monoisotopic (exact) mass is 274 g/mol. The number of alkyl halides is 4. The lowest BCUT2D eigenvalue weighted by Crippen LogP contribution is -2.13. The second kappa shape index (κ2) is 4.05. The molecule has 0 heterocycles. The highest BCUT2D eigenvalue weighted by atomic mass is 35.5. The molecule has 0 radical (unpaired) electrons. The van der Waals surface area contributed by atoms with Crippen LogP contribution >= 0.6 is 46.4 Å². The summed E-state index contributed by atoms with van der Waals surface area (Å²) in [5.74, 6) is 0. The average Bonchev–Trinajstić information content (AvgIpc) is 2.01. The molecule has 14 heavy (non-hydrogen) atoms. The van der Waals surface area contributed by atoms with Gasteiger partial charge in [-0.25, -0.2) is 0 Å². The predicted molar refractivity (Wildman–Crippen MR) is 57.6 cm³/mol. The number of halogens is 4. The van der Waals surface area contributed by atoms with Crippen LogP contribution < -0.4 is 0 Å². The van der Waals surface area contributed by atoms with E-state index < -0.39 is 9.04 Å². The summed E-state index contributed by atoms with van der Waals surface area (Å²) in [6, 6.07) is 5.77. The van der Waals surface area contributed by atoms with Crippen molar-refractivity contribution in [2.24, 2.45) is 0 Å². The SMILES string of the molecule is OC(Cl)(Cl)c1cccc(C(O)(Cl)Cl)c1. The molecule has 6 heteroatoms. The van der Waals surface area contributed by atoms with Crippen LogP contribution in [0.4, 0.5) is 0 Å². The molecule has 0 aliphatic carbocycles. The Kier molecular flexibility index (Phi) is 3.58. The van der Waals surface area contributed by atoms with Gasteiger partial charge < -0.3 is 10.2 Å². The van der Waals surface area contributed by atoms with Crippen molar-refractivity contribution in [2.75, 3.05) is 0 Å². The first kappa shape index (κ1) is 12.4. The summed E-state index contributed by atoms with van der Waals surface area (Å²) < 4.78 is -4.07. The number of rotatable bonds is 2. The maximum atomic E-state index is 9.24. The van der Waals surface area contributed by atoms with Crippen molar-refractivity contribution in [2.45, 2.75) is 9.04 Å². The van der Waals surface area contributed by atoms with E-state index in [1.807, 2.05) is 0 Å². The molecule has 0 saturated heterocycles. The molecule has 0 aliphatic rings. The Bertz CT molecular complexity index is 298. The van der Waals surface area contributed by atoms with Gasteiger partial charge in [-0.1, -0.05) is 64.6 Å². The van der Waals surface area contributed by atoms with Gasteiger partial charge in [-0.3, -0.25) is 0 Å². The largest absolute Gasteiger partial charge is 0.359 e. The van der Waals surface area contributed by atoms with Gasteiger partial charge in [-0.15, -0.1) is 0 Å². The zero-order valence-electron chi connectivity index (χ0n) is 6.72. The summed E-state index contributed by atoms with van der Waals surface area (Å²) in [5, 5.41) is 18.5. The highest BCUT2D eigenvalue weighted by molar-refractivity contribution is 6.47. The molecule has 0 unspecified atom stereocenters. The maximum absolute atomic E-state index is 9.24. The van der Waals surface area contributed by atoms with Crippen LogP contribution in [0.3, 0.4) is 0 Å². The summed E-state index contributed by atoms with van der Waals surface area (Å²) in [6.45, 7) is 0. The highest BCUT2D eigenvalue weighted by Gasteiger charge is 2.27. The van der Waals surface area contributed by atoms with Gasteiger partial charge in [0.2, 0.25) is 9.04 Å². The molecule has 1 aromatic rings. The fourth-order valence-electron chi connectivity index (χ4n) is 0.893. The number of benzene rings is 1. The Hall–Kier alpha value is 0.300. The third-order valence-corrected chi connectivity index (χ3v) is 2.43. The van der Waals surface area contributed by atoms with E-state index in [1.165, 1.54) is 24.3 Å². The van der Waals surface area contributed by atoms with Gasteiger partial charge in [0.15, 0.2) is 0 Å². The minimum absolute atomic E-state index is 0.179. The highest BCUT2D eigenvalue weighted by Crippen LogP contribution is 2.35. The van der Waals surface area contributed by atoms with Gasteiger partial charge >= 0.3 is 0 Å². The average molecular weight is 276 g/mol. The van der Waals surface area contributed by atoms with E-state index >= 15 is 0 Å². The lowest BCUT2D eigenvalue weighted by Gasteiger charge is -2.17. The Balaban J connectivity index is 3.15. The molecule has 0 aliphatic heterocycles. The van der Waals surface area contributed by atoms with E-state index in [1.54, 1.807) is 0 Å². The van der Waals surface area contributed by atoms with Gasteiger partial charge in [0.1, 0.15) is 0 Å². The van der Waals surface area contributed by atoms with Crippen LogP contribution in [0.1, 0.15) is 11.1 Å². The molecule has 2 nitrogen and oxygen atoms in total. The Morgan fingerprint density at radius 3 is 1.50 bits per heavy atom. The molecular weight excluding hydrogens is 270 g/mol. The molecule has 2 N–H and O–H groups in total. The van der Waals surface area contributed by atoms with Crippen LogP contribution in [-0.2, 0) is 9.04 Å². The first-order valence-corrected chi connectivity index (χ1v) is 5.04. The van der Waals surface area contributed by atoms with Gasteiger partial charge in [-0.2, -0.15) is 0 Å². The summed E-state index contributed by atoms with van der Waals surface area (Å²) in [6.07, 6.45) is 0. The van der Waals surface area contributed by atoms with Gasteiger partial charge in [0.25, 0.3) is 0 Å². The molecule has 1 rings (SSSR count). The molecule has 0 atom stereocenters. The second-order valence-electron chi connectivity index (χ2n) is 2.66. The van der Waals surface area contributed by atoms with E-state index in [-0.39, 0.29) is 11.1 Å². The maximum Gasteiger partial charge on any atom is 0.241 e. The summed E-state index contributed by atoms with van der Waals surface area (Å²) in [4.78, 5) is 0. The van der Waals surface area contributed by atoms with Crippen LogP contribution in [0.2, 0.25) is 0 Å². The smallest absolute Gasteiger partial charge is 0.241 e. The third kappa shape index (κ3) is 3.16. The molecule has 0 spiro atoms. The minimum atomic E-state index is -2.03. The quantitative estimate of drug-likeness (QED) is 0.815. The lowest BCUT2D eigenvalue weighted by atomic mass is 10.1. The summed E-state index contributed by atoms with van der Waals surface area (Å²) >= 11 is 21.7. The van der Waals surface area contributed by atoms with Crippen molar-refractivity contribution in [3.63, 3.8) is 0 Å². The molecule has 0 amide bonds. The van der Waals surface area contributed by atoms with Crippen molar-refractivity contribution >= 4 is 46.4 Å². The van der Waals surface area contributed by atoms with E-state index in [0.717, 1.165) is 0 Å². The molecule has 0 saturated carbocycles. The van der Waals surface area contributed by atoms with E-state index in [2.05, 4.69) is 0 Å². The summed E-state index contributed by atoms with van der Waals surface area (Å²) in [7, 11) is 0. The molecular formula is C8H6Cl4O2. The zero-order chi connectivity index (χ0) is 11.0. The van der Waals surface area contributed by atoms with Crippen LogP contribution in [0.15, 0.2) is 24.3 Å². The first-order chi connectivity index (χ1) is 6.21. The molecule has 0 fully saturated rings. The van der Waals surface area contributed by atoms with Crippen LogP contribution in [0, 0.1) is 0 Å².